The highest BCUT2D eigenvalue weighted by molar-refractivity contribution is 5.89. The molecule has 0 aromatic heterocycles. The lowest BCUT2D eigenvalue weighted by Gasteiger charge is -2.37. The number of anilines is 2. The Bertz CT molecular complexity index is 637. The zero-order valence-electron chi connectivity index (χ0n) is 15.9. The third-order valence-electron chi connectivity index (χ3n) is 4.67. The molecule has 0 spiro atoms. The van der Waals surface area contributed by atoms with Crippen molar-refractivity contribution in [3.05, 3.63) is 24.0 Å². The van der Waals surface area contributed by atoms with E-state index in [2.05, 4.69) is 5.32 Å². The lowest BCUT2D eigenvalue weighted by molar-refractivity contribution is -0.0530. The molecule has 0 radical (unpaired) electrons. The summed E-state index contributed by atoms with van der Waals surface area (Å²) in [6.07, 6.45) is 0.105. The Balaban J connectivity index is 1.66. The lowest BCUT2D eigenvalue weighted by atomic mass is 10.2. The molecule has 7 heteroatoms. The van der Waals surface area contributed by atoms with Gasteiger partial charge >= 0.3 is 6.03 Å². The molecule has 1 N–H and O–H groups in total. The maximum atomic E-state index is 14.6. The molecule has 6 nitrogen and oxygen atoms in total. The van der Waals surface area contributed by atoms with Crippen molar-refractivity contribution in [2.45, 2.75) is 52.1 Å². The summed E-state index contributed by atoms with van der Waals surface area (Å²) in [6.45, 7) is 10.2. The van der Waals surface area contributed by atoms with E-state index in [1.165, 1.54) is 6.07 Å². The molecule has 0 saturated carbocycles. The molecule has 0 unspecified atom stereocenters. The van der Waals surface area contributed by atoms with E-state index in [1.807, 2.05) is 32.6 Å². The van der Waals surface area contributed by atoms with Gasteiger partial charge in [0.15, 0.2) is 0 Å². The van der Waals surface area contributed by atoms with Crippen LogP contribution in [0.4, 0.5) is 20.6 Å². The molecule has 0 bridgehead atoms. The van der Waals surface area contributed by atoms with E-state index in [1.54, 1.807) is 17.0 Å². The van der Waals surface area contributed by atoms with Gasteiger partial charge in [0.05, 0.1) is 30.1 Å². The molecule has 2 heterocycles. The Labute approximate surface area is 154 Å². The van der Waals surface area contributed by atoms with Gasteiger partial charge in [-0.25, -0.2) is 9.18 Å². The van der Waals surface area contributed by atoms with Crippen LogP contribution >= 0.6 is 0 Å². The monoisotopic (exact) mass is 365 g/mol. The van der Waals surface area contributed by atoms with E-state index in [0.717, 1.165) is 0 Å². The molecule has 2 fully saturated rings. The van der Waals surface area contributed by atoms with E-state index in [9.17, 15) is 9.18 Å². The minimum absolute atomic E-state index is 0.00564. The smallest absolute Gasteiger partial charge is 0.322 e. The lowest BCUT2D eigenvalue weighted by Crippen LogP contribution is -2.49. The topological polar surface area (TPSA) is 54.0 Å². The second-order valence-corrected chi connectivity index (χ2v) is 7.42. The average molecular weight is 365 g/mol. The highest BCUT2D eigenvalue weighted by Crippen LogP contribution is 2.26. The van der Waals surface area contributed by atoms with E-state index >= 15 is 0 Å². The summed E-state index contributed by atoms with van der Waals surface area (Å²) in [4.78, 5) is 16.1. The van der Waals surface area contributed by atoms with Gasteiger partial charge in [-0.3, -0.25) is 0 Å². The third kappa shape index (κ3) is 4.45. The van der Waals surface area contributed by atoms with Crippen LogP contribution < -0.4 is 10.2 Å². The van der Waals surface area contributed by atoms with Gasteiger partial charge in [0.25, 0.3) is 0 Å². The van der Waals surface area contributed by atoms with Gasteiger partial charge < -0.3 is 24.6 Å². The molecule has 3 rings (SSSR count). The van der Waals surface area contributed by atoms with Gasteiger partial charge in [-0.2, -0.15) is 0 Å². The van der Waals surface area contributed by atoms with Gasteiger partial charge in [0.1, 0.15) is 5.82 Å². The molecular weight excluding hydrogens is 337 g/mol. The van der Waals surface area contributed by atoms with E-state index in [-0.39, 0.29) is 36.3 Å². The first kappa shape index (κ1) is 18.9. The molecule has 144 valence electrons. The molecule has 2 aliphatic rings. The Morgan fingerprint density at radius 2 is 1.54 bits per heavy atom. The van der Waals surface area contributed by atoms with Crippen molar-refractivity contribution in [3.8, 4) is 0 Å². The van der Waals surface area contributed by atoms with Crippen molar-refractivity contribution in [3.63, 3.8) is 0 Å². The van der Waals surface area contributed by atoms with Crippen LogP contribution in [0.1, 0.15) is 27.7 Å². The number of nitrogens with zero attached hydrogens (tertiary/aromatic N) is 2. The average Bonchev–Trinajstić information content (AvgIpc) is 2.53. The second kappa shape index (κ2) is 7.80. The summed E-state index contributed by atoms with van der Waals surface area (Å²) in [7, 11) is 0. The maximum absolute atomic E-state index is 14.6. The van der Waals surface area contributed by atoms with Crippen LogP contribution in [0.5, 0.6) is 0 Å². The van der Waals surface area contributed by atoms with E-state index in [4.69, 9.17) is 9.47 Å². The number of carbonyl (C=O) groups is 1. The zero-order valence-corrected chi connectivity index (χ0v) is 15.9. The van der Waals surface area contributed by atoms with E-state index in [0.29, 0.717) is 37.6 Å². The Morgan fingerprint density at radius 1 is 1.00 bits per heavy atom. The molecule has 1 aromatic carbocycles. The van der Waals surface area contributed by atoms with Crippen molar-refractivity contribution in [1.82, 2.24) is 4.90 Å². The SMILES string of the molecule is C[C@@H]1CN(C(=O)Nc2ccc(N3C[C@@H](C)O[C@@H](C)C3)c(F)c2)C[C@@H](C)O1. The summed E-state index contributed by atoms with van der Waals surface area (Å²) >= 11 is 0. The van der Waals surface area contributed by atoms with Crippen molar-refractivity contribution in [1.29, 1.82) is 0 Å². The molecule has 4 atom stereocenters. The van der Waals surface area contributed by atoms with Gasteiger partial charge in [-0.15, -0.1) is 0 Å². The number of benzene rings is 1. The number of halogens is 1. The van der Waals surface area contributed by atoms with Crippen LogP contribution in [0.3, 0.4) is 0 Å². The molecule has 2 amide bonds. The van der Waals surface area contributed by atoms with Gasteiger partial charge in [0.2, 0.25) is 0 Å². The third-order valence-corrected chi connectivity index (χ3v) is 4.67. The van der Waals surface area contributed by atoms with Gasteiger partial charge in [-0.1, -0.05) is 0 Å². The van der Waals surface area contributed by atoms with Crippen molar-refractivity contribution in [2.75, 3.05) is 36.4 Å². The summed E-state index contributed by atoms with van der Waals surface area (Å²) in [5, 5.41) is 2.79. The fourth-order valence-corrected chi connectivity index (χ4v) is 3.76. The summed E-state index contributed by atoms with van der Waals surface area (Å²) in [5.41, 5.74) is 0.996. The van der Waals surface area contributed by atoms with Crippen LogP contribution in [0.15, 0.2) is 18.2 Å². The Hall–Kier alpha value is -1.86. The number of hydrogen-bond acceptors (Lipinski definition) is 4. The number of morpholine rings is 2. The second-order valence-electron chi connectivity index (χ2n) is 7.42. The quantitative estimate of drug-likeness (QED) is 0.875. The van der Waals surface area contributed by atoms with Gasteiger partial charge in [-0.05, 0) is 45.9 Å². The fourth-order valence-electron chi connectivity index (χ4n) is 3.76. The van der Waals surface area contributed by atoms with Crippen LogP contribution in [0, 0.1) is 5.82 Å². The number of hydrogen-bond donors (Lipinski definition) is 1. The van der Waals surface area contributed by atoms with Crippen molar-refractivity contribution in [2.24, 2.45) is 0 Å². The number of rotatable bonds is 2. The molecule has 1 aromatic rings. The highest BCUT2D eigenvalue weighted by Gasteiger charge is 2.27. The Morgan fingerprint density at radius 3 is 2.08 bits per heavy atom. The molecule has 0 aliphatic carbocycles. The van der Waals surface area contributed by atoms with Crippen LogP contribution in [0.25, 0.3) is 0 Å². The largest absolute Gasteiger partial charge is 0.372 e. The highest BCUT2D eigenvalue weighted by atomic mass is 19.1. The first-order chi connectivity index (χ1) is 12.3. The number of ether oxygens (including phenoxy) is 2. The number of amides is 2. The van der Waals surface area contributed by atoms with Crippen molar-refractivity contribution < 1.29 is 18.7 Å². The summed E-state index contributed by atoms with van der Waals surface area (Å²) in [6, 6.07) is 4.62. The summed E-state index contributed by atoms with van der Waals surface area (Å²) in [5.74, 6) is -0.340. The number of urea groups is 1. The minimum Gasteiger partial charge on any atom is -0.372 e. The normalized spacial score (nSPS) is 29.6. The molecule has 26 heavy (non-hydrogen) atoms. The van der Waals surface area contributed by atoms with Gasteiger partial charge in [0, 0.05) is 31.9 Å². The number of nitrogens with one attached hydrogen (secondary N) is 1. The molecule has 2 saturated heterocycles. The first-order valence-corrected chi connectivity index (χ1v) is 9.23. The standard InChI is InChI=1S/C19H28FN3O3/c1-12-8-22(9-13(2)25-12)18-6-5-16(7-17(18)20)21-19(24)23-10-14(3)26-15(4)11-23/h5-7,12-15H,8-11H2,1-4H3,(H,21,24)/t12-,13+,14-,15-/m1/s1. The van der Waals surface area contributed by atoms with E-state index < -0.39 is 0 Å². The predicted octanol–water partition coefficient (Wildman–Crippen LogP) is 3.08. The van der Waals surface area contributed by atoms with Crippen LogP contribution in [-0.4, -0.2) is 61.5 Å². The van der Waals surface area contributed by atoms with Crippen molar-refractivity contribution >= 4 is 17.4 Å². The number of carbonyl (C=O) groups excluding carboxylic acids is 1. The predicted molar refractivity (Wildman–Crippen MR) is 99.2 cm³/mol. The molecular formula is C19H28FN3O3. The maximum Gasteiger partial charge on any atom is 0.322 e. The Kier molecular flexibility index (Phi) is 5.67. The van der Waals surface area contributed by atoms with Crippen LogP contribution in [0.2, 0.25) is 0 Å². The van der Waals surface area contributed by atoms with Crippen LogP contribution in [-0.2, 0) is 9.47 Å². The zero-order chi connectivity index (χ0) is 18.8. The molecule has 2 aliphatic heterocycles. The first-order valence-electron chi connectivity index (χ1n) is 9.23. The summed E-state index contributed by atoms with van der Waals surface area (Å²) < 4.78 is 26.0. The fraction of sp³-hybridized carbons (Fsp3) is 0.632. The minimum atomic E-state index is -0.340.